The Kier molecular flexibility index (Phi) is 5.44. The molecule has 0 aliphatic heterocycles. The van der Waals surface area contributed by atoms with Gasteiger partial charge >= 0.3 is 0 Å². The number of nitrogen functional groups attached to an aromatic ring is 1. The molecular weight excluding hydrogens is 468 g/mol. The number of nitrogens with one attached hydrogen (secondary N) is 1. The van der Waals surface area contributed by atoms with Gasteiger partial charge in [-0.3, -0.25) is 14.2 Å². The van der Waals surface area contributed by atoms with E-state index in [9.17, 15) is 9.59 Å². The van der Waals surface area contributed by atoms with Crippen molar-refractivity contribution < 1.29 is 4.79 Å². The molecule has 5 aromatic rings. The van der Waals surface area contributed by atoms with Gasteiger partial charge < -0.3 is 11.1 Å². The van der Waals surface area contributed by atoms with Crippen LogP contribution in [0.5, 0.6) is 0 Å². The second-order valence-corrected chi connectivity index (χ2v) is 9.43. The Balaban J connectivity index is 1.53. The molecule has 10 nitrogen and oxygen atoms in total. The van der Waals surface area contributed by atoms with Gasteiger partial charge in [-0.25, -0.2) is 19.6 Å². The summed E-state index contributed by atoms with van der Waals surface area (Å²) in [5, 5.41) is 8.94. The Bertz CT molecular complexity index is 1720. The summed E-state index contributed by atoms with van der Waals surface area (Å²) in [6.45, 7) is 3.44. The van der Waals surface area contributed by atoms with E-state index in [0.29, 0.717) is 45.0 Å². The van der Waals surface area contributed by atoms with Crippen molar-refractivity contribution in [3.8, 4) is 11.3 Å². The lowest BCUT2D eigenvalue weighted by Crippen LogP contribution is -2.34. The van der Waals surface area contributed by atoms with Crippen LogP contribution >= 0.6 is 0 Å². The largest absolute Gasteiger partial charge is 0.383 e. The van der Waals surface area contributed by atoms with Gasteiger partial charge in [-0.15, -0.1) is 0 Å². The quantitative estimate of drug-likeness (QED) is 0.376. The van der Waals surface area contributed by atoms with Crippen LogP contribution in [-0.4, -0.2) is 35.2 Å². The van der Waals surface area contributed by atoms with Crippen LogP contribution in [0, 0.1) is 0 Å². The van der Waals surface area contributed by atoms with Crippen LogP contribution in [0.4, 0.5) is 11.5 Å². The molecule has 0 bridgehead atoms. The van der Waals surface area contributed by atoms with E-state index in [1.54, 1.807) is 4.68 Å². The molecule has 1 fully saturated rings. The van der Waals surface area contributed by atoms with Gasteiger partial charge in [0.05, 0.1) is 16.3 Å². The van der Waals surface area contributed by atoms with Crippen LogP contribution in [0.15, 0.2) is 59.7 Å². The van der Waals surface area contributed by atoms with Crippen molar-refractivity contribution in [3.63, 3.8) is 0 Å². The molecule has 3 N–H and O–H groups in total. The number of hydrogen-bond donors (Lipinski definition) is 2. The Morgan fingerprint density at radius 1 is 1.11 bits per heavy atom. The third-order valence-corrected chi connectivity index (χ3v) is 7.01. The summed E-state index contributed by atoms with van der Waals surface area (Å²) in [6, 6.07) is 14.5. The molecule has 6 rings (SSSR count). The number of amides is 1. The number of anilines is 2. The fraction of sp³-hybridized carbons (Fsp3) is 0.259. The number of nitrogens with two attached hydrogens (primary N) is 1. The van der Waals surface area contributed by atoms with Gasteiger partial charge in [0, 0.05) is 24.2 Å². The Morgan fingerprint density at radius 3 is 2.57 bits per heavy atom. The molecule has 3 aromatic heterocycles. The van der Waals surface area contributed by atoms with Gasteiger partial charge in [0.15, 0.2) is 5.65 Å². The highest BCUT2D eigenvalue weighted by Crippen LogP contribution is 2.36. The highest BCUT2D eigenvalue weighted by atomic mass is 16.1. The van der Waals surface area contributed by atoms with Crippen molar-refractivity contribution in [1.82, 2.24) is 29.3 Å². The number of hydrogen-bond acceptors (Lipinski definition) is 7. The summed E-state index contributed by atoms with van der Waals surface area (Å²) >= 11 is 0. The molecule has 3 heterocycles. The van der Waals surface area contributed by atoms with E-state index in [1.165, 1.54) is 13.3 Å². The minimum absolute atomic E-state index is 0.0310. The molecule has 1 saturated carbocycles. The monoisotopic (exact) mass is 494 g/mol. The van der Waals surface area contributed by atoms with Crippen LogP contribution in [0.3, 0.4) is 0 Å². The number of para-hydroxylation sites is 1. The highest BCUT2D eigenvalue weighted by Gasteiger charge is 2.29. The van der Waals surface area contributed by atoms with Crippen LogP contribution in [0.2, 0.25) is 0 Å². The van der Waals surface area contributed by atoms with Gasteiger partial charge in [0.2, 0.25) is 5.91 Å². The minimum Gasteiger partial charge on any atom is -0.383 e. The van der Waals surface area contributed by atoms with Gasteiger partial charge in [0.25, 0.3) is 5.56 Å². The number of benzene rings is 2. The minimum atomic E-state index is -0.401. The summed E-state index contributed by atoms with van der Waals surface area (Å²) in [4.78, 5) is 38.7. The zero-order valence-corrected chi connectivity index (χ0v) is 20.5. The van der Waals surface area contributed by atoms with Gasteiger partial charge in [-0.05, 0) is 50.5 Å². The van der Waals surface area contributed by atoms with E-state index in [-0.39, 0.29) is 17.5 Å². The number of carbonyl (C=O) groups is 1. The maximum absolute atomic E-state index is 13.6. The molecule has 10 heteroatoms. The van der Waals surface area contributed by atoms with Crippen LogP contribution < -0.4 is 16.6 Å². The SMILES string of the molecule is CC(=O)Nc1ccc(-c2nn(C(C)c3nc4ccccc4c(=O)n3C3CCC3)c3ncnc(N)c23)cc1. The lowest BCUT2D eigenvalue weighted by Gasteiger charge is -2.31. The molecular formula is C27H26N8O2. The average Bonchev–Trinajstić information content (AvgIpc) is 3.25. The normalized spacial score (nSPS) is 14.5. The summed E-state index contributed by atoms with van der Waals surface area (Å²) in [5.74, 6) is 0.809. The first-order valence-electron chi connectivity index (χ1n) is 12.3. The number of nitrogens with zero attached hydrogens (tertiary/aromatic N) is 6. The molecule has 0 spiro atoms. The van der Waals surface area contributed by atoms with Crippen molar-refractivity contribution in [1.29, 1.82) is 0 Å². The highest BCUT2D eigenvalue weighted by molar-refractivity contribution is 5.98. The molecule has 1 amide bonds. The summed E-state index contributed by atoms with van der Waals surface area (Å²) < 4.78 is 3.62. The first-order valence-corrected chi connectivity index (χ1v) is 12.3. The van der Waals surface area contributed by atoms with Gasteiger partial charge in [-0.2, -0.15) is 5.10 Å². The summed E-state index contributed by atoms with van der Waals surface area (Å²) in [7, 11) is 0. The van der Waals surface area contributed by atoms with E-state index in [4.69, 9.17) is 15.8 Å². The lowest BCUT2D eigenvalue weighted by molar-refractivity contribution is -0.114. The van der Waals surface area contributed by atoms with Crippen molar-refractivity contribution in [2.24, 2.45) is 0 Å². The molecule has 0 saturated heterocycles. The molecule has 2 aromatic carbocycles. The summed E-state index contributed by atoms with van der Waals surface area (Å²) in [6.07, 6.45) is 4.39. The van der Waals surface area contributed by atoms with Crippen molar-refractivity contribution >= 4 is 39.3 Å². The molecule has 37 heavy (non-hydrogen) atoms. The average molecular weight is 495 g/mol. The Hall–Kier alpha value is -4.60. The second-order valence-electron chi connectivity index (χ2n) is 9.43. The van der Waals surface area contributed by atoms with E-state index >= 15 is 0 Å². The lowest BCUT2D eigenvalue weighted by atomic mass is 9.92. The third kappa shape index (κ3) is 3.81. The van der Waals surface area contributed by atoms with Crippen molar-refractivity contribution in [3.05, 3.63) is 71.0 Å². The topological polar surface area (TPSA) is 134 Å². The van der Waals surface area contributed by atoms with E-state index in [0.717, 1.165) is 24.8 Å². The van der Waals surface area contributed by atoms with Crippen LogP contribution in [-0.2, 0) is 4.79 Å². The molecule has 186 valence electrons. The fourth-order valence-corrected chi connectivity index (χ4v) is 4.95. The zero-order chi connectivity index (χ0) is 25.7. The number of aromatic nitrogens is 6. The Labute approximate surface area is 212 Å². The predicted octanol–water partition coefficient (Wildman–Crippen LogP) is 4.08. The van der Waals surface area contributed by atoms with E-state index in [1.807, 2.05) is 60.0 Å². The standard InChI is InChI=1S/C27H26N8O2/c1-15(25-32-21-9-4-3-8-20(21)27(37)34(25)19-6-5-7-19)35-26-22(24(28)29-14-30-26)23(33-35)17-10-12-18(13-11-17)31-16(2)36/h3-4,8-15,19H,5-7H2,1-2H3,(H,31,36)(H2,28,29,30). The molecule has 1 aliphatic rings. The second kappa shape index (κ2) is 8.81. The smallest absolute Gasteiger partial charge is 0.261 e. The maximum Gasteiger partial charge on any atom is 0.261 e. The maximum atomic E-state index is 13.6. The van der Waals surface area contributed by atoms with Gasteiger partial charge in [-0.1, -0.05) is 24.3 Å². The number of carbonyl (C=O) groups excluding carboxylic acids is 1. The summed E-state index contributed by atoms with van der Waals surface area (Å²) in [5.41, 5.74) is 9.60. The van der Waals surface area contributed by atoms with Crippen molar-refractivity contribution in [2.45, 2.75) is 45.2 Å². The molecule has 1 unspecified atom stereocenters. The zero-order valence-electron chi connectivity index (χ0n) is 20.5. The Morgan fingerprint density at radius 2 is 1.86 bits per heavy atom. The predicted molar refractivity (Wildman–Crippen MR) is 142 cm³/mol. The molecule has 1 atom stereocenters. The van der Waals surface area contributed by atoms with Crippen LogP contribution in [0.25, 0.3) is 33.2 Å². The number of rotatable bonds is 5. The first kappa shape index (κ1) is 22.8. The van der Waals surface area contributed by atoms with Gasteiger partial charge in [0.1, 0.15) is 29.7 Å². The fourth-order valence-electron chi connectivity index (χ4n) is 4.95. The number of fused-ring (bicyclic) bond motifs is 2. The first-order chi connectivity index (χ1) is 17.9. The van der Waals surface area contributed by atoms with Crippen molar-refractivity contribution in [2.75, 3.05) is 11.1 Å². The third-order valence-electron chi connectivity index (χ3n) is 7.01. The van der Waals surface area contributed by atoms with E-state index < -0.39 is 6.04 Å². The molecule has 1 aliphatic carbocycles. The van der Waals surface area contributed by atoms with E-state index in [2.05, 4.69) is 15.3 Å². The van der Waals surface area contributed by atoms with Crippen LogP contribution in [0.1, 0.15) is 51.0 Å². The molecule has 0 radical (unpaired) electrons.